The Labute approximate surface area is 123 Å². The van der Waals surface area contributed by atoms with Gasteiger partial charge < -0.3 is 10.2 Å². The Morgan fingerprint density at radius 2 is 1.89 bits per heavy atom. The summed E-state index contributed by atoms with van der Waals surface area (Å²) in [5, 5.41) is 3.47. The molecule has 108 valence electrons. The van der Waals surface area contributed by atoms with Crippen LogP contribution in [0.25, 0.3) is 0 Å². The molecule has 0 aromatic carbocycles. The molecule has 2 aliphatic rings. The highest BCUT2D eigenvalue weighted by molar-refractivity contribution is 8.00. The molecule has 0 atom stereocenters. The molecule has 0 radical (unpaired) electrons. The molecule has 2 nitrogen and oxygen atoms in total. The normalized spacial score (nSPS) is 25.7. The molecule has 0 aliphatic carbocycles. The topological polar surface area (TPSA) is 15.3 Å². The van der Waals surface area contributed by atoms with Crippen LogP contribution < -0.4 is 5.32 Å². The van der Waals surface area contributed by atoms with E-state index in [9.17, 15) is 0 Å². The predicted octanol–water partition coefficient (Wildman–Crippen LogP) is 3.02. The highest BCUT2D eigenvalue weighted by Gasteiger charge is 2.33. The van der Waals surface area contributed by atoms with Crippen LogP contribution in [0.1, 0.15) is 39.5 Å². The summed E-state index contributed by atoms with van der Waals surface area (Å²) < 4.78 is 0.561. The quantitative estimate of drug-likeness (QED) is 0.857. The number of thioether (sulfide) groups is 1. The van der Waals surface area contributed by atoms with Gasteiger partial charge in [-0.15, -0.1) is 12.4 Å². The van der Waals surface area contributed by atoms with Crippen LogP contribution in [0.4, 0.5) is 0 Å². The molecule has 0 aromatic rings. The maximum atomic E-state index is 3.47. The van der Waals surface area contributed by atoms with Crippen LogP contribution >= 0.6 is 24.2 Å². The molecule has 4 heteroatoms. The number of piperidine rings is 1. The lowest BCUT2D eigenvalue weighted by atomic mass is 9.95. The van der Waals surface area contributed by atoms with Crippen molar-refractivity contribution in [3.8, 4) is 0 Å². The maximum Gasteiger partial charge on any atom is 0.0282 e. The minimum atomic E-state index is 0. The first kappa shape index (κ1) is 16.6. The van der Waals surface area contributed by atoms with Gasteiger partial charge in [-0.05, 0) is 44.7 Å². The fraction of sp³-hybridized carbons (Fsp3) is 1.00. The Morgan fingerprint density at radius 3 is 2.50 bits per heavy atom. The average molecular weight is 293 g/mol. The minimum Gasteiger partial charge on any atom is -0.317 e. The van der Waals surface area contributed by atoms with Gasteiger partial charge in [-0.25, -0.2) is 0 Å². The largest absolute Gasteiger partial charge is 0.317 e. The second kappa shape index (κ2) is 7.98. The molecular formula is C14H29ClN2S. The van der Waals surface area contributed by atoms with Crippen molar-refractivity contribution in [2.45, 2.75) is 44.3 Å². The number of nitrogens with one attached hydrogen (secondary N) is 1. The molecule has 1 N–H and O–H groups in total. The summed E-state index contributed by atoms with van der Waals surface area (Å²) >= 11 is 2.22. The van der Waals surface area contributed by atoms with Crippen molar-refractivity contribution in [3.63, 3.8) is 0 Å². The first-order valence-electron chi connectivity index (χ1n) is 7.35. The fourth-order valence-electron chi connectivity index (χ4n) is 3.19. The summed E-state index contributed by atoms with van der Waals surface area (Å²) in [4.78, 5) is 2.75. The summed E-state index contributed by atoms with van der Waals surface area (Å²) in [5.41, 5.74) is 0. The number of rotatable bonds is 4. The van der Waals surface area contributed by atoms with Crippen molar-refractivity contribution in [1.82, 2.24) is 10.2 Å². The molecule has 2 heterocycles. The van der Waals surface area contributed by atoms with Gasteiger partial charge in [-0.3, -0.25) is 0 Å². The Bertz CT molecular complexity index is 228. The zero-order valence-corrected chi connectivity index (χ0v) is 13.5. The number of hydrogen-bond acceptors (Lipinski definition) is 3. The number of hydrogen-bond donors (Lipinski definition) is 1. The lowest BCUT2D eigenvalue weighted by Gasteiger charge is -2.43. The average Bonchev–Trinajstić information content (AvgIpc) is 2.40. The minimum absolute atomic E-state index is 0. The molecule has 2 rings (SSSR count). The van der Waals surface area contributed by atoms with E-state index in [4.69, 9.17) is 0 Å². The van der Waals surface area contributed by atoms with Gasteiger partial charge in [0.05, 0.1) is 0 Å². The van der Waals surface area contributed by atoms with Crippen molar-refractivity contribution >= 4 is 24.2 Å². The molecule has 0 bridgehead atoms. The van der Waals surface area contributed by atoms with E-state index in [0.717, 1.165) is 5.92 Å². The Balaban J connectivity index is 0.00000162. The second-order valence-corrected chi connectivity index (χ2v) is 7.23. The van der Waals surface area contributed by atoms with Crippen LogP contribution in [0.2, 0.25) is 0 Å². The maximum absolute atomic E-state index is 3.47. The van der Waals surface area contributed by atoms with Crippen LogP contribution in [0, 0.1) is 5.92 Å². The smallest absolute Gasteiger partial charge is 0.0282 e. The SMILES string of the molecule is CCC1(CC)CN(CC2CCNCC2)CCS1.Cl. The standard InChI is InChI=1S/C14H28N2S.ClH/c1-3-14(4-2)12-16(9-10-17-14)11-13-5-7-15-8-6-13;/h13,15H,3-12H2,1-2H3;1H. The van der Waals surface area contributed by atoms with Crippen LogP contribution in [-0.2, 0) is 0 Å². The lowest BCUT2D eigenvalue weighted by molar-refractivity contribution is 0.187. The highest BCUT2D eigenvalue weighted by Crippen LogP contribution is 2.37. The second-order valence-electron chi connectivity index (χ2n) is 5.67. The van der Waals surface area contributed by atoms with Gasteiger partial charge >= 0.3 is 0 Å². The van der Waals surface area contributed by atoms with E-state index in [-0.39, 0.29) is 12.4 Å². The molecule has 0 saturated carbocycles. The molecule has 0 amide bonds. The molecular weight excluding hydrogens is 264 g/mol. The van der Waals surface area contributed by atoms with Crippen molar-refractivity contribution in [3.05, 3.63) is 0 Å². The third-order valence-corrected chi connectivity index (χ3v) is 6.30. The Morgan fingerprint density at radius 1 is 1.22 bits per heavy atom. The molecule has 2 saturated heterocycles. The van der Waals surface area contributed by atoms with Crippen LogP contribution in [0.3, 0.4) is 0 Å². The van der Waals surface area contributed by atoms with E-state index in [1.807, 2.05) is 0 Å². The van der Waals surface area contributed by atoms with E-state index < -0.39 is 0 Å². The van der Waals surface area contributed by atoms with Gasteiger partial charge in [0.15, 0.2) is 0 Å². The van der Waals surface area contributed by atoms with E-state index in [2.05, 4.69) is 35.8 Å². The van der Waals surface area contributed by atoms with E-state index >= 15 is 0 Å². The van der Waals surface area contributed by atoms with Gasteiger partial charge in [0.2, 0.25) is 0 Å². The van der Waals surface area contributed by atoms with Crippen molar-refractivity contribution in [1.29, 1.82) is 0 Å². The van der Waals surface area contributed by atoms with Crippen molar-refractivity contribution in [2.75, 3.05) is 38.5 Å². The molecule has 2 aliphatic heterocycles. The number of nitrogens with zero attached hydrogens (tertiary/aromatic N) is 1. The zero-order valence-electron chi connectivity index (χ0n) is 11.9. The fourth-order valence-corrected chi connectivity index (χ4v) is 4.65. The zero-order chi connectivity index (χ0) is 12.1. The van der Waals surface area contributed by atoms with E-state index in [0.29, 0.717) is 4.75 Å². The van der Waals surface area contributed by atoms with Gasteiger partial charge in [0.1, 0.15) is 0 Å². The third-order valence-electron chi connectivity index (χ3n) is 4.59. The molecule has 0 spiro atoms. The van der Waals surface area contributed by atoms with E-state index in [1.54, 1.807) is 0 Å². The summed E-state index contributed by atoms with van der Waals surface area (Å²) in [7, 11) is 0. The van der Waals surface area contributed by atoms with Gasteiger partial charge in [0.25, 0.3) is 0 Å². The van der Waals surface area contributed by atoms with Crippen LogP contribution in [-0.4, -0.2) is 48.1 Å². The summed E-state index contributed by atoms with van der Waals surface area (Å²) in [6, 6.07) is 0. The molecule has 2 fully saturated rings. The first-order chi connectivity index (χ1) is 8.28. The number of halogens is 1. The Kier molecular flexibility index (Phi) is 7.37. The summed E-state index contributed by atoms with van der Waals surface area (Å²) in [6.45, 7) is 11.2. The first-order valence-corrected chi connectivity index (χ1v) is 8.33. The van der Waals surface area contributed by atoms with Crippen LogP contribution in [0.15, 0.2) is 0 Å². The van der Waals surface area contributed by atoms with Gasteiger partial charge in [0, 0.05) is 30.1 Å². The highest BCUT2D eigenvalue weighted by atomic mass is 35.5. The van der Waals surface area contributed by atoms with Crippen molar-refractivity contribution in [2.24, 2.45) is 5.92 Å². The monoisotopic (exact) mass is 292 g/mol. The van der Waals surface area contributed by atoms with Crippen LogP contribution in [0.5, 0.6) is 0 Å². The summed E-state index contributed by atoms with van der Waals surface area (Å²) in [5.74, 6) is 2.29. The summed E-state index contributed by atoms with van der Waals surface area (Å²) in [6.07, 6.45) is 5.43. The third kappa shape index (κ3) is 4.29. The van der Waals surface area contributed by atoms with Crippen molar-refractivity contribution < 1.29 is 0 Å². The predicted molar refractivity (Wildman–Crippen MR) is 85.1 cm³/mol. The molecule has 0 aromatic heterocycles. The van der Waals surface area contributed by atoms with E-state index in [1.165, 1.54) is 64.2 Å². The lowest BCUT2D eigenvalue weighted by Crippen LogP contribution is -2.48. The Hall–Kier alpha value is 0.560. The van der Waals surface area contributed by atoms with Gasteiger partial charge in [-0.1, -0.05) is 13.8 Å². The van der Waals surface area contributed by atoms with Gasteiger partial charge in [-0.2, -0.15) is 11.8 Å². The molecule has 18 heavy (non-hydrogen) atoms. The molecule has 0 unspecified atom stereocenters.